The van der Waals surface area contributed by atoms with Gasteiger partial charge in [0.25, 0.3) is 0 Å². The van der Waals surface area contributed by atoms with E-state index in [-0.39, 0.29) is 11.9 Å². The lowest BCUT2D eigenvalue weighted by Crippen LogP contribution is -2.28. The van der Waals surface area contributed by atoms with Crippen LogP contribution in [-0.4, -0.2) is 24.6 Å². The minimum absolute atomic E-state index is 0.0614. The summed E-state index contributed by atoms with van der Waals surface area (Å²) >= 11 is 1.57. The normalized spacial score (nSPS) is 12.4. The van der Waals surface area contributed by atoms with Crippen LogP contribution < -0.4 is 5.32 Å². The first-order valence-electron chi connectivity index (χ1n) is 4.93. The highest BCUT2D eigenvalue weighted by atomic mass is 32.1. The van der Waals surface area contributed by atoms with Crippen molar-refractivity contribution in [3.63, 3.8) is 0 Å². The standard InChI is InChI=1S/C10H16N2O2S/c1-3-8(10(13)14-2)4-11-5-9-6-15-7-12-9/h6-8,11H,3-5H2,1-2H3. The van der Waals surface area contributed by atoms with E-state index in [1.165, 1.54) is 7.11 Å². The van der Waals surface area contributed by atoms with Crippen LogP contribution in [0.5, 0.6) is 0 Å². The number of carbonyl (C=O) groups excluding carboxylic acids is 1. The number of nitrogens with zero attached hydrogens (tertiary/aromatic N) is 1. The molecule has 4 nitrogen and oxygen atoms in total. The molecule has 0 fully saturated rings. The van der Waals surface area contributed by atoms with Gasteiger partial charge in [-0.2, -0.15) is 0 Å². The van der Waals surface area contributed by atoms with Crippen LogP contribution in [-0.2, 0) is 16.1 Å². The van der Waals surface area contributed by atoms with Crippen molar-refractivity contribution in [2.75, 3.05) is 13.7 Å². The third kappa shape index (κ3) is 3.97. The smallest absolute Gasteiger partial charge is 0.309 e. The van der Waals surface area contributed by atoms with Crippen molar-refractivity contribution in [3.8, 4) is 0 Å². The van der Waals surface area contributed by atoms with Gasteiger partial charge in [-0.15, -0.1) is 11.3 Å². The van der Waals surface area contributed by atoms with Crippen LogP contribution in [0.3, 0.4) is 0 Å². The Hall–Kier alpha value is -0.940. The fourth-order valence-electron chi connectivity index (χ4n) is 1.26. The molecule has 0 aromatic carbocycles. The zero-order valence-electron chi connectivity index (χ0n) is 9.03. The van der Waals surface area contributed by atoms with E-state index in [2.05, 4.69) is 10.3 Å². The summed E-state index contributed by atoms with van der Waals surface area (Å²) in [6, 6.07) is 0. The second-order valence-electron chi connectivity index (χ2n) is 3.24. The Morgan fingerprint density at radius 1 is 1.73 bits per heavy atom. The molecule has 1 N–H and O–H groups in total. The van der Waals surface area contributed by atoms with Gasteiger partial charge in [0.2, 0.25) is 0 Å². The average Bonchev–Trinajstić information content (AvgIpc) is 2.76. The molecule has 0 amide bonds. The lowest BCUT2D eigenvalue weighted by atomic mass is 10.1. The summed E-state index contributed by atoms with van der Waals surface area (Å²) in [5.41, 5.74) is 2.81. The number of hydrogen-bond donors (Lipinski definition) is 1. The van der Waals surface area contributed by atoms with Crippen molar-refractivity contribution in [2.24, 2.45) is 5.92 Å². The number of carbonyl (C=O) groups is 1. The van der Waals surface area contributed by atoms with Gasteiger partial charge < -0.3 is 10.1 Å². The molecule has 0 radical (unpaired) electrons. The molecule has 84 valence electrons. The van der Waals surface area contributed by atoms with Crippen LogP contribution in [0.25, 0.3) is 0 Å². The molecule has 0 aliphatic carbocycles. The Bertz CT molecular complexity index is 288. The highest BCUT2D eigenvalue weighted by molar-refractivity contribution is 7.07. The molecule has 1 rings (SSSR count). The van der Waals surface area contributed by atoms with E-state index >= 15 is 0 Å². The molecule has 5 heteroatoms. The van der Waals surface area contributed by atoms with Crippen LogP contribution in [0.1, 0.15) is 19.0 Å². The van der Waals surface area contributed by atoms with E-state index < -0.39 is 0 Å². The van der Waals surface area contributed by atoms with E-state index in [1.807, 2.05) is 12.3 Å². The molecule has 0 saturated heterocycles. The summed E-state index contributed by atoms with van der Waals surface area (Å²) in [7, 11) is 1.42. The minimum Gasteiger partial charge on any atom is -0.469 e. The monoisotopic (exact) mass is 228 g/mol. The Labute approximate surface area is 93.7 Å². The Balaban J connectivity index is 2.26. The van der Waals surface area contributed by atoms with Gasteiger partial charge in [0.15, 0.2) is 0 Å². The number of rotatable bonds is 6. The Morgan fingerprint density at radius 2 is 2.53 bits per heavy atom. The van der Waals surface area contributed by atoms with Crippen LogP contribution in [0, 0.1) is 5.92 Å². The summed E-state index contributed by atoms with van der Waals surface area (Å²) in [5, 5.41) is 5.19. The molecular formula is C10H16N2O2S. The molecule has 0 saturated carbocycles. The van der Waals surface area contributed by atoms with E-state index in [4.69, 9.17) is 4.74 Å². The molecular weight excluding hydrogens is 212 g/mol. The van der Waals surface area contributed by atoms with E-state index in [9.17, 15) is 4.79 Å². The molecule has 1 aromatic rings. The molecule has 0 spiro atoms. The van der Waals surface area contributed by atoms with Crippen LogP contribution >= 0.6 is 11.3 Å². The number of aromatic nitrogens is 1. The second-order valence-corrected chi connectivity index (χ2v) is 3.96. The van der Waals surface area contributed by atoms with Crippen molar-refractivity contribution in [1.82, 2.24) is 10.3 Å². The predicted molar refractivity (Wildman–Crippen MR) is 59.6 cm³/mol. The van der Waals surface area contributed by atoms with Gasteiger partial charge >= 0.3 is 5.97 Å². The topological polar surface area (TPSA) is 51.2 Å². The van der Waals surface area contributed by atoms with Crippen molar-refractivity contribution >= 4 is 17.3 Å². The molecule has 1 unspecified atom stereocenters. The highest BCUT2D eigenvalue weighted by Crippen LogP contribution is 2.04. The van der Waals surface area contributed by atoms with Gasteiger partial charge in [-0.25, -0.2) is 4.98 Å². The van der Waals surface area contributed by atoms with E-state index in [1.54, 1.807) is 16.8 Å². The fraction of sp³-hybridized carbons (Fsp3) is 0.600. The highest BCUT2D eigenvalue weighted by Gasteiger charge is 2.15. The molecule has 0 bridgehead atoms. The number of ether oxygens (including phenoxy) is 1. The summed E-state index contributed by atoms with van der Waals surface area (Å²) in [4.78, 5) is 15.4. The molecule has 1 aromatic heterocycles. The van der Waals surface area contributed by atoms with E-state index in [0.29, 0.717) is 13.1 Å². The SMILES string of the molecule is CCC(CNCc1cscn1)C(=O)OC. The first-order chi connectivity index (χ1) is 7.27. The van der Waals surface area contributed by atoms with Gasteiger partial charge in [-0.1, -0.05) is 6.92 Å². The van der Waals surface area contributed by atoms with Crippen molar-refractivity contribution < 1.29 is 9.53 Å². The quantitative estimate of drug-likeness (QED) is 0.748. The maximum absolute atomic E-state index is 11.3. The van der Waals surface area contributed by atoms with Gasteiger partial charge in [-0.05, 0) is 6.42 Å². The lowest BCUT2D eigenvalue weighted by Gasteiger charge is -2.12. The maximum Gasteiger partial charge on any atom is 0.309 e. The number of thiazole rings is 1. The third-order valence-corrected chi connectivity index (χ3v) is 2.84. The zero-order valence-corrected chi connectivity index (χ0v) is 9.84. The van der Waals surface area contributed by atoms with Gasteiger partial charge in [0.1, 0.15) is 0 Å². The van der Waals surface area contributed by atoms with Crippen molar-refractivity contribution in [3.05, 3.63) is 16.6 Å². The van der Waals surface area contributed by atoms with Gasteiger partial charge in [0.05, 0.1) is 24.2 Å². The maximum atomic E-state index is 11.3. The van der Waals surface area contributed by atoms with Crippen LogP contribution in [0.15, 0.2) is 10.9 Å². The number of hydrogen-bond acceptors (Lipinski definition) is 5. The number of nitrogens with one attached hydrogen (secondary N) is 1. The Morgan fingerprint density at radius 3 is 3.07 bits per heavy atom. The van der Waals surface area contributed by atoms with Crippen LogP contribution in [0.2, 0.25) is 0 Å². The van der Waals surface area contributed by atoms with Crippen molar-refractivity contribution in [2.45, 2.75) is 19.9 Å². The molecule has 15 heavy (non-hydrogen) atoms. The Kier molecular flexibility index (Phi) is 5.28. The molecule has 1 heterocycles. The molecule has 0 aliphatic heterocycles. The molecule has 0 aliphatic rings. The summed E-state index contributed by atoms with van der Waals surface area (Å²) < 4.78 is 4.70. The minimum atomic E-state index is -0.150. The van der Waals surface area contributed by atoms with Crippen molar-refractivity contribution in [1.29, 1.82) is 0 Å². The largest absolute Gasteiger partial charge is 0.469 e. The summed E-state index contributed by atoms with van der Waals surface area (Å²) in [6.07, 6.45) is 0.788. The average molecular weight is 228 g/mol. The summed E-state index contributed by atoms with van der Waals surface area (Å²) in [6.45, 7) is 3.32. The fourth-order valence-corrected chi connectivity index (χ4v) is 1.82. The first-order valence-corrected chi connectivity index (χ1v) is 5.87. The third-order valence-electron chi connectivity index (χ3n) is 2.21. The summed E-state index contributed by atoms with van der Waals surface area (Å²) in [5.74, 6) is -0.211. The zero-order chi connectivity index (χ0) is 11.1. The predicted octanol–water partition coefficient (Wildman–Crippen LogP) is 1.43. The van der Waals surface area contributed by atoms with E-state index in [0.717, 1.165) is 12.1 Å². The molecule has 1 atom stereocenters. The van der Waals surface area contributed by atoms with Crippen LogP contribution in [0.4, 0.5) is 0 Å². The first kappa shape index (κ1) is 12.1. The number of methoxy groups -OCH3 is 1. The van der Waals surface area contributed by atoms with Gasteiger partial charge in [0, 0.05) is 18.5 Å². The lowest BCUT2D eigenvalue weighted by molar-refractivity contribution is -0.145. The number of esters is 1. The second kappa shape index (κ2) is 6.53. The van der Waals surface area contributed by atoms with Gasteiger partial charge in [-0.3, -0.25) is 4.79 Å².